The molecular formula is C7H6N2O4. The van der Waals surface area contributed by atoms with Gasteiger partial charge in [-0.3, -0.25) is 14.9 Å². The Kier molecular flexibility index (Phi) is 2.44. The SMILES string of the molecule is O=CNc1ccc([N+](=O)[O-])cc1O. The summed E-state index contributed by atoms with van der Waals surface area (Å²) in [4.78, 5) is 19.6. The van der Waals surface area contributed by atoms with Crippen molar-refractivity contribution in [2.75, 3.05) is 5.32 Å². The molecule has 0 atom stereocenters. The van der Waals surface area contributed by atoms with Gasteiger partial charge >= 0.3 is 0 Å². The second-order valence-electron chi connectivity index (χ2n) is 2.22. The fraction of sp³-hybridized carbons (Fsp3) is 0. The van der Waals surface area contributed by atoms with E-state index < -0.39 is 4.92 Å². The van der Waals surface area contributed by atoms with E-state index in [-0.39, 0.29) is 17.1 Å². The summed E-state index contributed by atoms with van der Waals surface area (Å²) in [5.41, 5.74) is -0.0884. The number of hydrogen-bond donors (Lipinski definition) is 2. The van der Waals surface area contributed by atoms with E-state index in [1.54, 1.807) is 0 Å². The molecule has 68 valence electrons. The van der Waals surface area contributed by atoms with Crippen LogP contribution >= 0.6 is 0 Å². The van der Waals surface area contributed by atoms with Crippen molar-refractivity contribution in [3.8, 4) is 5.75 Å². The maximum atomic E-state index is 10.2. The van der Waals surface area contributed by atoms with E-state index >= 15 is 0 Å². The van der Waals surface area contributed by atoms with Crippen LogP contribution in [0.2, 0.25) is 0 Å². The standard InChI is InChI=1S/C7H6N2O4/c10-4-8-6-2-1-5(9(12)13)3-7(6)11/h1-4,11H,(H,8,10). The zero-order chi connectivity index (χ0) is 9.84. The van der Waals surface area contributed by atoms with Gasteiger partial charge in [0.05, 0.1) is 16.7 Å². The van der Waals surface area contributed by atoms with Crippen molar-refractivity contribution in [1.29, 1.82) is 0 Å². The fourth-order valence-corrected chi connectivity index (χ4v) is 0.819. The zero-order valence-corrected chi connectivity index (χ0v) is 6.43. The van der Waals surface area contributed by atoms with Crippen LogP contribution in [0.5, 0.6) is 5.75 Å². The van der Waals surface area contributed by atoms with Crippen molar-refractivity contribution >= 4 is 17.8 Å². The molecule has 0 spiro atoms. The first-order valence-corrected chi connectivity index (χ1v) is 3.32. The van der Waals surface area contributed by atoms with Gasteiger partial charge in [0.15, 0.2) is 0 Å². The molecule has 0 aliphatic rings. The summed E-state index contributed by atoms with van der Waals surface area (Å²) in [5.74, 6) is -0.332. The lowest BCUT2D eigenvalue weighted by Gasteiger charge is -2.00. The van der Waals surface area contributed by atoms with E-state index in [2.05, 4.69) is 5.32 Å². The molecule has 0 unspecified atom stereocenters. The highest BCUT2D eigenvalue weighted by atomic mass is 16.6. The average Bonchev–Trinajstić information content (AvgIpc) is 2.08. The molecule has 1 aromatic carbocycles. The molecule has 0 radical (unpaired) electrons. The lowest BCUT2D eigenvalue weighted by molar-refractivity contribution is -0.384. The minimum Gasteiger partial charge on any atom is -0.506 e. The number of phenols is 1. The first-order chi connectivity index (χ1) is 6.15. The number of nitro groups is 1. The minimum atomic E-state index is -0.635. The molecule has 13 heavy (non-hydrogen) atoms. The Labute approximate surface area is 73.0 Å². The Morgan fingerprint density at radius 1 is 1.54 bits per heavy atom. The van der Waals surface area contributed by atoms with E-state index in [1.165, 1.54) is 12.1 Å². The molecular weight excluding hydrogens is 176 g/mol. The van der Waals surface area contributed by atoms with Gasteiger partial charge in [0.1, 0.15) is 5.75 Å². The van der Waals surface area contributed by atoms with Crippen LogP contribution in [-0.4, -0.2) is 16.4 Å². The Bertz CT molecular complexity index is 350. The number of non-ortho nitro benzene ring substituents is 1. The molecule has 0 bridgehead atoms. The number of carbonyl (C=O) groups is 1. The second kappa shape index (κ2) is 3.53. The average molecular weight is 182 g/mol. The Morgan fingerprint density at radius 2 is 2.23 bits per heavy atom. The van der Waals surface area contributed by atoms with Crippen LogP contribution in [0.4, 0.5) is 11.4 Å². The predicted molar refractivity (Wildman–Crippen MR) is 44.4 cm³/mol. The van der Waals surface area contributed by atoms with Gasteiger partial charge in [-0.15, -0.1) is 0 Å². The highest BCUT2D eigenvalue weighted by Gasteiger charge is 2.08. The lowest BCUT2D eigenvalue weighted by atomic mass is 10.2. The number of benzene rings is 1. The number of nitrogens with one attached hydrogen (secondary N) is 1. The maximum absolute atomic E-state index is 10.2. The Morgan fingerprint density at radius 3 is 2.69 bits per heavy atom. The first kappa shape index (κ1) is 8.98. The van der Waals surface area contributed by atoms with Crippen molar-refractivity contribution in [2.45, 2.75) is 0 Å². The second-order valence-corrected chi connectivity index (χ2v) is 2.22. The minimum absolute atomic E-state index is 0.139. The predicted octanol–water partition coefficient (Wildman–Crippen LogP) is 0.869. The largest absolute Gasteiger partial charge is 0.506 e. The molecule has 1 amide bonds. The van der Waals surface area contributed by atoms with Crippen molar-refractivity contribution in [2.24, 2.45) is 0 Å². The van der Waals surface area contributed by atoms with Gasteiger partial charge in [0.2, 0.25) is 6.41 Å². The summed E-state index contributed by atoms with van der Waals surface area (Å²) in [6.07, 6.45) is 0.376. The number of rotatable bonds is 3. The third kappa shape index (κ3) is 1.92. The Hall–Kier alpha value is -2.11. The van der Waals surface area contributed by atoms with Gasteiger partial charge in [0, 0.05) is 6.07 Å². The van der Waals surface area contributed by atoms with Gasteiger partial charge in [0.25, 0.3) is 5.69 Å². The van der Waals surface area contributed by atoms with E-state index in [1.807, 2.05) is 0 Å². The number of nitrogens with zero attached hydrogens (tertiary/aromatic N) is 1. The van der Waals surface area contributed by atoms with Crippen molar-refractivity contribution in [1.82, 2.24) is 0 Å². The molecule has 0 heterocycles. The number of phenolic OH excluding ortho intramolecular Hbond substituents is 1. The number of carbonyl (C=O) groups excluding carboxylic acids is 1. The molecule has 0 aliphatic heterocycles. The van der Waals surface area contributed by atoms with Crippen LogP contribution in [0.3, 0.4) is 0 Å². The van der Waals surface area contributed by atoms with Gasteiger partial charge in [-0.05, 0) is 6.07 Å². The van der Waals surface area contributed by atoms with Crippen molar-refractivity contribution in [3.05, 3.63) is 28.3 Å². The maximum Gasteiger partial charge on any atom is 0.273 e. The quantitative estimate of drug-likeness (QED) is 0.314. The van der Waals surface area contributed by atoms with Crippen molar-refractivity contribution in [3.63, 3.8) is 0 Å². The summed E-state index contributed by atoms with van der Waals surface area (Å²) >= 11 is 0. The van der Waals surface area contributed by atoms with Crippen LogP contribution in [-0.2, 0) is 4.79 Å². The smallest absolute Gasteiger partial charge is 0.273 e. The van der Waals surface area contributed by atoms with Crippen molar-refractivity contribution < 1.29 is 14.8 Å². The molecule has 6 nitrogen and oxygen atoms in total. The number of hydrogen-bond acceptors (Lipinski definition) is 4. The zero-order valence-electron chi connectivity index (χ0n) is 6.43. The summed E-state index contributed by atoms with van der Waals surface area (Å²) in [7, 11) is 0. The Balaban J connectivity index is 3.04. The normalized spacial score (nSPS) is 9.23. The molecule has 0 saturated carbocycles. The molecule has 0 fully saturated rings. The highest BCUT2D eigenvalue weighted by Crippen LogP contribution is 2.27. The highest BCUT2D eigenvalue weighted by molar-refractivity contribution is 5.76. The number of anilines is 1. The number of aromatic hydroxyl groups is 1. The third-order valence-electron chi connectivity index (χ3n) is 1.41. The van der Waals surface area contributed by atoms with Gasteiger partial charge in [-0.2, -0.15) is 0 Å². The summed E-state index contributed by atoms with van der Waals surface area (Å²) in [6.45, 7) is 0. The summed E-state index contributed by atoms with van der Waals surface area (Å²) in [5, 5.41) is 21.6. The van der Waals surface area contributed by atoms with E-state index in [9.17, 15) is 14.9 Å². The van der Waals surface area contributed by atoms with Crippen LogP contribution in [0, 0.1) is 10.1 Å². The molecule has 0 saturated heterocycles. The summed E-state index contributed by atoms with van der Waals surface area (Å²) in [6, 6.07) is 3.40. The van der Waals surface area contributed by atoms with Gasteiger partial charge in [-0.25, -0.2) is 0 Å². The fourth-order valence-electron chi connectivity index (χ4n) is 0.819. The van der Waals surface area contributed by atoms with E-state index in [0.29, 0.717) is 6.41 Å². The lowest BCUT2D eigenvalue weighted by Crippen LogP contribution is -1.95. The number of amides is 1. The molecule has 2 N–H and O–H groups in total. The number of nitro benzene ring substituents is 1. The topological polar surface area (TPSA) is 92.5 Å². The summed E-state index contributed by atoms with van der Waals surface area (Å²) < 4.78 is 0. The molecule has 1 rings (SSSR count). The van der Waals surface area contributed by atoms with E-state index in [4.69, 9.17) is 5.11 Å². The van der Waals surface area contributed by atoms with Crippen LogP contribution in [0.1, 0.15) is 0 Å². The first-order valence-electron chi connectivity index (χ1n) is 3.32. The van der Waals surface area contributed by atoms with Crippen LogP contribution in [0.15, 0.2) is 18.2 Å². The van der Waals surface area contributed by atoms with Gasteiger partial charge in [-0.1, -0.05) is 0 Å². The molecule has 6 heteroatoms. The molecule has 0 aliphatic carbocycles. The van der Waals surface area contributed by atoms with Crippen LogP contribution < -0.4 is 5.32 Å². The van der Waals surface area contributed by atoms with Crippen LogP contribution in [0.25, 0.3) is 0 Å². The molecule has 0 aromatic heterocycles. The third-order valence-corrected chi connectivity index (χ3v) is 1.41. The van der Waals surface area contributed by atoms with Gasteiger partial charge < -0.3 is 10.4 Å². The monoisotopic (exact) mass is 182 g/mol. The molecule has 1 aromatic rings. The van der Waals surface area contributed by atoms with E-state index in [0.717, 1.165) is 6.07 Å².